The first kappa shape index (κ1) is 14.6. The summed E-state index contributed by atoms with van der Waals surface area (Å²) in [7, 11) is 0. The third kappa shape index (κ3) is 3.00. The van der Waals surface area contributed by atoms with Crippen molar-refractivity contribution in [2.24, 2.45) is 11.8 Å². The molecule has 0 unspecified atom stereocenters. The smallest absolute Gasteiger partial charge is 0.271 e. The predicted octanol–water partition coefficient (Wildman–Crippen LogP) is 4.44. The summed E-state index contributed by atoms with van der Waals surface area (Å²) < 4.78 is 0. The van der Waals surface area contributed by atoms with Crippen molar-refractivity contribution in [3.63, 3.8) is 0 Å². The number of nitro groups is 1. The van der Waals surface area contributed by atoms with Gasteiger partial charge >= 0.3 is 0 Å². The topological polar surface area (TPSA) is 46.4 Å². The summed E-state index contributed by atoms with van der Waals surface area (Å²) in [6, 6.07) is 3.17. The van der Waals surface area contributed by atoms with Gasteiger partial charge in [0.15, 0.2) is 0 Å². The summed E-state index contributed by atoms with van der Waals surface area (Å²) in [5.41, 5.74) is 2.16. The van der Waals surface area contributed by atoms with Gasteiger partial charge in [0.1, 0.15) is 0 Å². The van der Waals surface area contributed by atoms with Crippen LogP contribution in [0.25, 0.3) is 0 Å². The van der Waals surface area contributed by atoms with Crippen molar-refractivity contribution in [1.29, 1.82) is 0 Å². The van der Waals surface area contributed by atoms with E-state index in [1.165, 1.54) is 31.7 Å². The van der Waals surface area contributed by atoms with Crippen LogP contribution in [-0.2, 0) is 6.42 Å². The van der Waals surface area contributed by atoms with Crippen molar-refractivity contribution in [3.05, 3.63) is 32.8 Å². The van der Waals surface area contributed by atoms with Crippen molar-refractivity contribution < 1.29 is 4.92 Å². The number of benzene rings is 1. The van der Waals surface area contributed by atoms with E-state index in [1.807, 2.05) is 0 Å². The van der Waals surface area contributed by atoms with Crippen molar-refractivity contribution >= 4 is 23.0 Å². The Morgan fingerprint density at radius 3 is 2.71 bits per heavy atom. The molecule has 2 aliphatic rings. The number of anilines is 1. The molecular weight excluding hydrogens is 288 g/mol. The van der Waals surface area contributed by atoms with Crippen LogP contribution in [0.5, 0.6) is 0 Å². The van der Waals surface area contributed by atoms with Crippen LogP contribution in [0.15, 0.2) is 12.1 Å². The Balaban J connectivity index is 1.76. The fourth-order valence-electron chi connectivity index (χ4n) is 3.66. The number of halogens is 1. The minimum Gasteiger partial charge on any atom is -0.369 e. The molecule has 4 nitrogen and oxygen atoms in total. The second kappa shape index (κ2) is 5.84. The Kier molecular flexibility index (Phi) is 4.07. The quantitative estimate of drug-likeness (QED) is 0.612. The number of nitrogens with zero attached hydrogens (tertiary/aromatic N) is 2. The van der Waals surface area contributed by atoms with E-state index in [0.717, 1.165) is 42.6 Å². The van der Waals surface area contributed by atoms with Crippen molar-refractivity contribution in [1.82, 2.24) is 0 Å². The Bertz CT molecular complexity index is 553. The van der Waals surface area contributed by atoms with Gasteiger partial charge in [0.25, 0.3) is 5.69 Å². The Morgan fingerprint density at radius 2 is 2.05 bits per heavy atom. The second-order valence-corrected chi connectivity index (χ2v) is 6.92. The summed E-state index contributed by atoms with van der Waals surface area (Å²) in [6.45, 7) is 4.30. The molecule has 3 rings (SSSR count). The lowest BCUT2D eigenvalue weighted by molar-refractivity contribution is -0.384. The van der Waals surface area contributed by atoms with Gasteiger partial charge in [0.05, 0.1) is 15.6 Å². The lowest BCUT2D eigenvalue weighted by Crippen LogP contribution is -2.30. The highest BCUT2D eigenvalue weighted by Gasteiger charge is 2.28. The highest BCUT2D eigenvalue weighted by Crippen LogP contribution is 2.40. The first-order valence-corrected chi connectivity index (χ1v) is 8.14. The Labute approximate surface area is 130 Å². The van der Waals surface area contributed by atoms with Gasteiger partial charge in [-0.2, -0.15) is 0 Å². The van der Waals surface area contributed by atoms with Gasteiger partial charge < -0.3 is 4.90 Å². The molecule has 1 aliphatic carbocycles. The maximum absolute atomic E-state index is 10.9. The van der Waals surface area contributed by atoms with Crippen LogP contribution in [-0.4, -0.2) is 18.0 Å². The summed E-state index contributed by atoms with van der Waals surface area (Å²) in [4.78, 5) is 12.9. The molecule has 1 fully saturated rings. The zero-order valence-corrected chi connectivity index (χ0v) is 13.1. The molecule has 0 bridgehead atoms. The van der Waals surface area contributed by atoms with Gasteiger partial charge in [0.2, 0.25) is 0 Å². The summed E-state index contributed by atoms with van der Waals surface area (Å²) in [5.74, 6) is 1.59. The molecule has 0 radical (unpaired) electrons. The van der Waals surface area contributed by atoms with Crippen LogP contribution in [0.3, 0.4) is 0 Å². The van der Waals surface area contributed by atoms with Crippen LogP contribution in [0.2, 0.25) is 5.02 Å². The lowest BCUT2D eigenvalue weighted by atomic mass is 9.83. The molecule has 5 heteroatoms. The van der Waals surface area contributed by atoms with Crippen LogP contribution >= 0.6 is 11.6 Å². The molecule has 1 heterocycles. The number of fused-ring (bicyclic) bond motifs is 1. The Morgan fingerprint density at radius 1 is 1.33 bits per heavy atom. The largest absolute Gasteiger partial charge is 0.369 e. The minimum absolute atomic E-state index is 0.104. The summed E-state index contributed by atoms with van der Waals surface area (Å²) in [5, 5.41) is 11.4. The Hall–Kier alpha value is -1.29. The first-order valence-electron chi connectivity index (χ1n) is 7.76. The van der Waals surface area contributed by atoms with Crippen LogP contribution < -0.4 is 4.90 Å². The summed E-state index contributed by atoms with van der Waals surface area (Å²) >= 11 is 6.31. The van der Waals surface area contributed by atoms with Gasteiger partial charge in [-0.3, -0.25) is 10.1 Å². The van der Waals surface area contributed by atoms with E-state index in [0.29, 0.717) is 5.02 Å². The third-order valence-electron chi connectivity index (χ3n) is 4.92. The van der Waals surface area contributed by atoms with Crippen molar-refractivity contribution in [2.45, 2.75) is 39.0 Å². The monoisotopic (exact) mass is 308 g/mol. The summed E-state index contributed by atoms with van der Waals surface area (Å²) in [6.07, 6.45) is 6.08. The van der Waals surface area contributed by atoms with E-state index in [4.69, 9.17) is 11.6 Å². The fourth-order valence-corrected chi connectivity index (χ4v) is 4.02. The average molecular weight is 309 g/mol. The van der Waals surface area contributed by atoms with Gasteiger partial charge in [0, 0.05) is 25.2 Å². The van der Waals surface area contributed by atoms with Crippen molar-refractivity contribution in [2.75, 3.05) is 18.0 Å². The molecule has 1 aromatic carbocycles. The van der Waals surface area contributed by atoms with Crippen LogP contribution in [0.1, 0.15) is 38.2 Å². The van der Waals surface area contributed by atoms with E-state index in [2.05, 4.69) is 11.8 Å². The van der Waals surface area contributed by atoms with Gasteiger partial charge in [-0.25, -0.2) is 0 Å². The van der Waals surface area contributed by atoms with E-state index in [9.17, 15) is 10.1 Å². The standard InChI is InChI=1S/C16H21ClN2O2/c1-11-2-4-12(5-3-11)10-18-7-6-13-8-14(19(20)21)9-15(17)16(13)18/h8-9,11-12H,2-7,10H2,1H3. The molecule has 0 spiro atoms. The van der Waals surface area contributed by atoms with E-state index in [1.54, 1.807) is 6.07 Å². The number of non-ortho nitro benzene ring substituents is 1. The van der Waals surface area contributed by atoms with E-state index < -0.39 is 0 Å². The maximum atomic E-state index is 10.9. The number of nitro benzene ring substituents is 1. The zero-order chi connectivity index (χ0) is 15.0. The van der Waals surface area contributed by atoms with E-state index in [-0.39, 0.29) is 10.6 Å². The van der Waals surface area contributed by atoms with E-state index >= 15 is 0 Å². The molecule has 0 aromatic heterocycles. The molecular formula is C16H21ClN2O2. The molecule has 0 saturated heterocycles. The lowest BCUT2D eigenvalue weighted by Gasteiger charge is -2.31. The molecule has 0 atom stereocenters. The molecule has 21 heavy (non-hydrogen) atoms. The highest BCUT2D eigenvalue weighted by atomic mass is 35.5. The zero-order valence-electron chi connectivity index (χ0n) is 12.3. The number of rotatable bonds is 3. The molecule has 0 amide bonds. The normalized spacial score (nSPS) is 25.0. The maximum Gasteiger partial charge on any atom is 0.271 e. The van der Waals surface area contributed by atoms with Gasteiger partial charge in [-0.15, -0.1) is 0 Å². The highest BCUT2D eigenvalue weighted by molar-refractivity contribution is 6.33. The van der Waals surface area contributed by atoms with Gasteiger partial charge in [-0.05, 0) is 36.7 Å². The minimum atomic E-state index is -0.364. The molecule has 1 aliphatic heterocycles. The van der Waals surface area contributed by atoms with Crippen LogP contribution in [0.4, 0.5) is 11.4 Å². The van der Waals surface area contributed by atoms with Gasteiger partial charge in [-0.1, -0.05) is 31.4 Å². The molecule has 1 saturated carbocycles. The van der Waals surface area contributed by atoms with Crippen molar-refractivity contribution in [3.8, 4) is 0 Å². The molecule has 1 aromatic rings. The molecule has 114 valence electrons. The number of hydrogen-bond donors (Lipinski definition) is 0. The predicted molar refractivity (Wildman–Crippen MR) is 85.1 cm³/mol. The average Bonchev–Trinajstić information content (AvgIpc) is 2.85. The SMILES string of the molecule is CC1CCC(CN2CCc3cc([N+](=O)[O-])cc(Cl)c32)CC1. The van der Waals surface area contributed by atoms with Crippen LogP contribution in [0, 0.1) is 22.0 Å². The second-order valence-electron chi connectivity index (χ2n) is 6.51. The third-order valence-corrected chi connectivity index (χ3v) is 5.21. The first-order chi connectivity index (χ1) is 10.0. The fraction of sp³-hybridized carbons (Fsp3) is 0.625. The molecule has 0 N–H and O–H groups in total. The number of hydrogen-bond acceptors (Lipinski definition) is 3.